The molecular weight excluding hydrogens is 144 g/mol. The lowest BCUT2D eigenvalue weighted by Gasteiger charge is -2.20. The number of amides is 2. The minimum atomic E-state index is -0.0501. The molecular formula is C6H14N4O. The van der Waals surface area contributed by atoms with Crippen LogP contribution in [0, 0.1) is 0 Å². The van der Waals surface area contributed by atoms with E-state index in [0.29, 0.717) is 26.2 Å². The first kappa shape index (κ1) is 8.29. The molecule has 1 aliphatic heterocycles. The van der Waals surface area contributed by atoms with Gasteiger partial charge >= 0.3 is 6.03 Å². The Morgan fingerprint density at radius 2 is 2.36 bits per heavy atom. The first-order chi connectivity index (χ1) is 5.29. The molecule has 0 bridgehead atoms. The van der Waals surface area contributed by atoms with Gasteiger partial charge in [0.05, 0.1) is 6.04 Å². The highest BCUT2D eigenvalue weighted by Gasteiger charge is 2.28. The van der Waals surface area contributed by atoms with Crippen molar-refractivity contribution in [3.8, 4) is 0 Å². The highest BCUT2D eigenvalue weighted by molar-refractivity contribution is 5.76. The Bertz CT molecular complexity index is 150. The second kappa shape index (κ2) is 3.54. The average molecular weight is 158 g/mol. The van der Waals surface area contributed by atoms with Crippen molar-refractivity contribution in [1.29, 1.82) is 0 Å². The fourth-order valence-corrected chi connectivity index (χ4v) is 1.22. The second-order valence-electron chi connectivity index (χ2n) is 2.56. The third-order valence-electron chi connectivity index (χ3n) is 1.83. The number of carbonyl (C=O) groups excluding carboxylic acids is 1. The lowest BCUT2D eigenvalue weighted by atomic mass is 10.3. The molecule has 2 amide bonds. The van der Waals surface area contributed by atoms with Crippen molar-refractivity contribution in [2.75, 3.05) is 26.2 Å². The fourth-order valence-electron chi connectivity index (χ4n) is 1.22. The summed E-state index contributed by atoms with van der Waals surface area (Å²) in [7, 11) is 0. The zero-order chi connectivity index (χ0) is 8.27. The van der Waals surface area contributed by atoms with Crippen LogP contribution < -0.4 is 16.8 Å². The first-order valence-electron chi connectivity index (χ1n) is 3.74. The molecule has 0 aromatic rings. The van der Waals surface area contributed by atoms with Crippen molar-refractivity contribution in [2.24, 2.45) is 11.5 Å². The molecule has 5 nitrogen and oxygen atoms in total. The van der Waals surface area contributed by atoms with E-state index in [0.717, 1.165) is 0 Å². The third-order valence-corrected chi connectivity index (χ3v) is 1.83. The van der Waals surface area contributed by atoms with Gasteiger partial charge in [-0.1, -0.05) is 0 Å². The predicted octanol–water partition coefficient (Wildman–Crippen LogP) is -1.70. The monoisotopic (exact) mass is 158 g/mol. The summed E-state index contributed by atoms with van der Waals surface area (Å²) in [6, 6.07) is 0.0805. The fraction of sp³-hybridized carbons (Fsp3) is 0.833. The summed E-state index contributed by atoms with van der Waals surface area (Å²) in [6.45, 7) is 2.23. The van der Waals surface area contributed by atoms with E-state index in [1.807, 2.05) is 0 Å². The number of hydrogen-bond acceptors (Lipinski definition) is 3. The largest absolute Gasteiger partial charge is 0.336 e. The molecule has 11 heavy (non-hydrogen) atoms. The Morgan fingerprint density at radius 1 is 1.64 bits per heavy atom. The molecule has 1 saturated heterocycles. The van der Waals surface area contributed by atoms with Gasteiger partial charge in [-0.15, -0.1) is 0 Å². The Hall–Kier alpha value is -0.810. The number of nitrogens with zero attached hydrogens (tertiary/aromatic N) is 1. The van der Waals surface area contributed by atoms with E-state index in [2.05, 4.69) is 5.32 Å². The molecule has 1 aliphatic rings. The number of carbonyl (C=O) groups is 1. The van der Waals surface area contributed by atoms with Gasteiger partial charge in [-0.25, -0.2) is 4.79 Å². The maximum Gasteiger partial charge on any atom is 0.317 e. The van der Waals surface area contributed by atoms with Crippen LogP contribution in [0.25, 0.3) is 0 Å². The van der Waals surface area contributed by atoms with Crippen LogP contribution in [0.1, 0.15) is 0 Å². The van der Waals surface area contributed by atoms with Crippen LogP contribution in [-0.2, 0) is 0 Å². The summed E-state index contributed by atoms with van der Waals surface area (Å²) in [4.78, 5) is 12.7. The summed E-state index contributed by atoms with van der Waals surface area (Å²) >= 11 is 0. The zero-order valence-corrected chi connectivity index (χ0v) is 6.42. The van der Waals surface area contributed by atoms with Gasteiger partial charge in [-0.3, -0.25) is 0 Å². The molecule has 0 saturated carbocycles. The van der Waals surface area contributed by atoms with Gasteiger partial charge < -0.3 is 21.7 Å². The minimum Gasteiger partial charge on any atom is -0.336 e. The van der Waals surface area contributed by atoms with Gasteiger partial charge in [0.1, 0.15) is 0 Å². The summed E-state index contributed by atoms with van der Waals surface area (Å²) in [6.07, 6.45) is 0. The summed E-state index contributed by atoms with van der Waals surface area (Å²) in [5.41, 5.74) is 10.8. The summed E-state index contributed by atoms with van der Waals surface area (Å²) < 4.78 is 0. The van der Waals surface area contributed by atoms with Gasteiger partial charge in [0.2, 0.25) is 0 Å². The molecule has 0 aliphatic carbocycles. The molecule has 0 aromatic heterocycles. The maximum atomic E-state index is 11.0. The van der Waals surface area contributed by atoms with Crippen LogP contribution in [0.5, 0.6) is 0 Å². The molecule has 0 radical (unpaired) electrons. The Balaban J connectivity index is 2.49. The van der Waals surface area contributed by atoms with E-state index in [1.165, 1.54) is 0 Å². The summed E-state index contributed by atoms with van der Waals surface area (Å²) in [5, 5.41) is 2.71. The minimum absolute atomic E-state index is 0.0501. The second-order valence-corrected chi connectivity index (χ2v) is 2.56. The highest BCUT2D eigenvalue weighted by atomic mass is 16.2. The molecule has 64 valence electrons. The third kappa shape index (κ3) is 1.61. The van der Waals surface area contributed by atoms with E-state index >= 15 is 0 Å². The van der Waals surface area contributed by atoms with E-state index in [9.17, 15) is 4.79 Å². The predicted molar refractivity (Wildman–Crippen MR) is 42.0 cm³/mol. The topological polar surface area (TPSA) is 84.4 Å². The van der Waals surface area contributed by atoms with Crippen molar-refractivity contribution in [3.05, 3.63) is 0 Å². The molecule has 5 heteroatoms. The van der Waals surface area contributed by atoms with Gasteiger partial charge in [-0.2, -0.15) is 0 Å². The van der Waals surface area contributed by atoms with Crippen molar-refractivity contribution in [1.82, 2.24) is 10.2 Å². The number of hydrogen-bond donors (Lipinski definition) is 3. The van der Waals surface area contributed by atoms with Crippen molar-refractivity contribution in [3.63, 3.8) is 0 Å². The Kier molecular flexibility index (Phi) is 2.67. The van der Waals surface area contributed by atoms with Crippen LogP contribution in [0.4, 0.5) is 4.79 Å². The number of nitrogens with one attached hydrogen (secondary N) is 1. The van der Waals surface area contributed by atoms with Gasteiger partial charge in [-0.05, 0) is 0 Å². The van der Waals surface area contributed by atoms with E-state index in [-0.39, 0.29) is 12.1 Å². The summed E-state index contributed by atoms with van der Waals surface area (Å²) in [5.74, 6) is 0. The van der Waals surface area contributed by atoms with E-state index in [4.69, 9.17) is 11.5 Å². The lowest BCUT2D eigenvalue weighted by Crippen LogP contribution is -2.41. The van der Waals surface area contributed by atoms with Gasteiger partial charge in [0, 0.05) is 26.2 Å². The van der Waals surface area contributed by atoms with E-state index < -0.39 is 0 Å². The van der Waals surface area contributed by atoms with Crippen LogP contribution in [0.15, 0.2) is 0 Å². The molecule has 1 unspecified atom stereocenters. The number of urea groups is 1. The molecule has 0 aromatic carbocycles. The highest BCUT2D eigenvalue weighted by Crippen LogP contribution is 2.03. The SMILES string of the molecule is NCCN1C(=O)NCC1CN. The van der Waals surface area contributed by atoms with Gasteiger partial charge in [0.15, 0.2) is 0 Å². The molecule has 1 heterocycles. The Labute approximate surface area is 65.7 Å². The van der Waals surface area contributed by atoms with Crippen LogP contribution in [0.3, 0.4) is 0 Å². The molecule has 5 N–H and O–H groups in total. The molecule has 1 fully saturated rings. The van der Waals surface area contributed by atoms with Crippen molar-refractivity contribution >= 4 is 6.03 Å². The number of rotatable bonds is 3. The lowest BCUT2D eigenvalue weighted by molar-refractivity contribution is 0.206. The maximum absolute atomic E-state index is 11.0. The molecule has 0 spiro atoms. The quantitative estimate of drug-likeness (QED) is 0.457. The standard InChI is InChI=1S/C6H14N4O/c7-1-2-10-5(3-8)4-9-6(10)11/h5H,1-4,7-8H2,(H,9,11). The van der Waals surface area contributed by atoms with Crippen LogP contribution >= 0.6 is 0 Å². The first-order valence-corrected chi connectivity index (χ1v) is 3.74. The zero-order valence-electron chi connectivity index (χ0n) is 6.42. The smallest absolute Gasteiger partial charge is 0.317 e. The molecule has 1 rings (SSSR count). The molecule has 1 atom stereocenters. The van der Waals surface area contributed by atoms with E-state index in [1.54, 1.807) is 4.90 Å². The average Bonchev–Trinajstić information content (AvgIpc) is 2.34. The van der Waals surface area contributed by atoms with Gasteiger partial charge in [0.25, 0.3) is 0 Å². The van der Waals surface area contributed by atoms with Crippen molar-refractivity contribution < 1.29 is 4.79 Å². The normalized spacial score (nSPS) is 24.0. The van der Waals surface area contributed by atoms with Crippen LogP contribution in [-0.4, -0.2) is 43.2 Å². The van der Waals surface area contributed by atoms with Crippen molar-refractivity contribution in [2.45, 2.75) is 6.04 Å². The number of nitrogens with two attached hydrogens (primary N) is 2. The van der Waals surface area contributed by atoms with Crippen LogP contribution in [0.2, 0.25) is 0 Å². The Morgan fingerprint density at radius 3 is 2.91 bits per heavy atom.